The molecule has 0 aliphatic rings. The molecule has 0 unspecified atom stereocenters. The molecule has 3 nitrogen and oxygen atoms in total. The first-order chi connectivity index (χ1) is 5.77. The number of nitrogens with zero attached hydrogens (tertiary/aromatic N) is 2. The molecule has 0 fully saturated rings. The molecule has 0 aliphatic carbocycles. The van der Waals surface area contributed by atoms with E-state index in [4.69, 9.17) is 17.3 Å². The second-order valence-electron chi connectivity index (χ2n) is 2.41. The highest BCUT2D eigenvalue weighted by atomic mass is 35.5. The molecule has 0 saturated carbocycles. The van der Waals surface area contributed by atoms with E-state index in [-0.39, 0.29) is 0 Å². The molecule has 0 saturated heterocycles. The SMILES string of the molecule is Nc1cc2ncccc2nc1Cl. The standard InChI is InChI=1S/C8H6ClN3/c9-8-5(10)4-7-6(12-8)2-1-3-11-7/h1-4H,10H2. The van der Waals surface area contributed by atoms with Gasteiger partial charge in [0.2, 0.25) is 0 Å². The number of fused-ring (bicyclic) bond motifs is 1. The monoisotopic (exact) mass is 179 g/mol. The number of halogens is 1. The Bertz CT molecular complexity index is 387. The summed E-state index contributed by atoms with van der Waals surface area (Å²) in [5, 5.41) is 0.329. The highest BCUT2D eigenvalue weighted by molar-refractivity contribution is 6.32. The number of rotatable bonds is 0. The lowest BCUT2D eigenvalue weighted by atomic mass is 10.3. The minimum atomic E-state index is 0.329. The van der Waals surface area contributed by atoms with Crippen LogP contribution in [0.1, 0.15) is 0 Å². The maximum Gasteiger partial charge on any atom is 0.152 e. The Morgan fingerprint density at radius 2 is 2.17 bits per heavy atom. The molecule has 2 rings (SSSR count). The molecule has 2 N–H and O–H groups in total. The molecule has 2 heterocycles. The van der Waals surface area contributed by atoms with Gasteiger partial charge in [0.15, 0.2) is 5.15 Å². The van der Waals surface area contributed by atoms with E-state index in [0.717, 1.165) is 11.0 Å². The van der Waals surface area contributed by atoms with Crippen LogP contribution in [0.25, 0.3) is 11.0 Å². The van der Waals surface area contributed by atoms with Crippen LogP contribution < -0.4 is 5.73 Å². The number of nitrogens with two attached hydrogens (primary N) is 1. The molecular weight excluding hydrogens is 174 g/mol. The predicted molar refractivity (Wildman–Crippen MR) is 49.0 cm³/mol. The summed E-state index contributed by atoms with van der Waals surface area (Å²) < 4.78 is 0. The molecule has 0 aliphatic heterocycles. The Morgan fingerprint density at radius 1 is 1.33 bits per heavy atom. The summed E-state index contributed by atoms with van der Waals surface area (Å²) in [6.07, 6.45) is 1.69. The van der Waals surface area contributed by atoms with Crippen LogP contribution in [0.4, 0.5) is 5.69 Å². The van der Waals surface area contributed by atoms with Crippen LogP contribution in [0.2, 0.25) is 5.15 Å². The highest BCUT2D eigenvalue weighted by Gasteiger charge is 2.00. The van der Waals surface area contributed by atoms with Crippen molar-refractivity contribution in [1.82, 2.24) is 9.97 Å². The van der Waals surface area contributed by atoms with Gasteiger partial charge in [0.25, 0.3) is 0 Å². The molecule has 0 atom stereocenters. The van der Waals surface area contributed by atoms with Crippen molar-refractivity contribution in [3.63, 3.8) is 0 Å². The van der Waals surface area contributed by atoms with Crippen molar-refractivity contribution < 1.29 is 0 Å². The van der Waals surface area contributed by atoms with Gasteiger partial charge < -0.3 is 5.73 Å². The first-order valence-electron chi connectivity index (χ1n) is 3.44. The lowest BCUT2D eigenvalue weighted by molar-refractivity contribution is 1.34. The third-order valence-corrected chi connectivity index (χ3v) is 1.87. The molecule has 60 valence electrons. The molecule has 0 spiro atoms. The van der Waals surface area contributed by atoms with E-state index in [1.807, 2.05) is 12.1 Å². The van der Waals surface area contributed by atoms with Crippen LogP contribution in [0.5, 0.6) is 0 Å². The highest BCUT2D eigenvalue weighted by Crippen LogP contribution is 2.19. The Labute approximate surface area is 74.2 Å². The van der Waals surface area contributed by atoms with E-state index in [2.05, 4.69) is 9.97 Å². The summed E-state index contributed by atoms with van der Waals surface area (Å²) in [6, 6.07) is 5.36. The number of pyridine rings is 2. The summed E-state index contributed by atoms with van der Waals surface area (Å²) in [5.41, 5.74) is 7.54. The van der Waals surface area contributed by atoms with Crippen molar-refractivity contribution in [2.24, 2.45) is 0 Å². The van der Waals surface area contributed by atoms with Crippen molar-refractivity contribution >= 4 is 28.3 Å². The van der Waals surface area contributed by atoms with Crippen LogP contribution in [0, 0.1) is 0 Å². The second kappa shape index (κ2) is 2.60. The second-order valence-corrected chi connectivity index (χ2v) is 2.77. The Hall–Kier alpha value is -1.35. The fraction of sp³-hybridized carbons (Fsp3) is 0. The summed E-state index contributed by atoms with van der Waals surface area (Å²) in [4.78, 5) is 8.14. The Balaban J connectivity index is 2.84. The van der Waals surface area contributed by atoms with E-state index in [9.17, 15) is 0 Å². The first kappa shape index (κ1) is 7.31. The Kier molecular flexibility index (Phi) is 1.59. The summed E-state index contributed by atoms with van der Waals surface area (Å²) in [5.74, 6) is 0. The average Bonchev–Trinajstić information content (AvgIpc) is 2.07. The van der Waals surface area contributed by atoms with Gasteiger partial charge >= 0.3 is 0 Å². The summed E-state index contributed by atoms with van der Waals surface area (Å²) >= 11 is 5.72. The summed E-state index contributed by atoms with van der Waals surface area (Å²) in [7, 11) is 0. The van der Waals surface area contributed by atoms with E-state index < -0.39 is 0 Å². The minimum Gasteiger partial charge on any atom is -0.396 e. The van der Waals surface area contributed by atoms with Crippen molar-refractivity contribution in [3.05, 3.63) is 29.5 Å². The number of hydrogen-bond acceptors (Lipinski definition) is 3. The van der Waals surface area contributed by atoms with Crippen molar-refractivity contribution in [2.75, 3.05) is 5.73 Å². The molecule has 4 heteroatoms. The molecular formula is C8H6ClN3. The topological polar surface area (TPSA) is 51.8 Å². The smallest absolute Gasteiger partial charge is 0.152 e. The maximum atomic E-state index is 5.72. The third kappa shape index (κ3) is 1.08. The third-order valence-electron chi connectivity index (χ3n) is 1.57. The van der Waals surface area contributed by atoms with Gasteiger partial charge in [0.05, 0.1) is 16.7 Å². The largest absolute Gasteiger partial charge is 0.396 e. The molecule has 0 amide bonds. The van der Waals surface area contributed by atoms with Crippen LogP contribution in [-0.4, -0.2) is 9.97 Å². The molecule has 0 radical (unpaired) electrons. The van der Waals surface area contributed by atoms with Gasteiger partial charge in [0.1, 0.15) is 0 Å². The zero-order chi connectivity index (χ0) is 8.55. The quantitative estimate of drug-likeness (QED) is 0.628. The zero-order valence-electron chi connectivity index (χ0n) is 6.16. The van der Waals surface area contributed by atoms with Gasteiger partial charge in [-0.05, 0) is 18.2 Å². The van der Waals surface area contributed by atoms with E-state index in [1.165, 1.54) is 0 Å². The number of aromatic nitrogens is 2. The van der Waals surface area contributed by atoms with Gasteiger partial charge in [-0.25, -0.2) is 4.98 Å². The van der Waals surface area contributed by atoms with Gasteiger partial charge in [-0.3, -0.25) is 4.98 Å². The average molecular weight is 180 g/mol. The van der Waals surface area contributed by atoms with Crippen LogP contribution in [-0.2, 0) is 0 Å². The van der Waals surface area contributed by atoms with Crippen LogP contribution >= 0.6 is 11.6 Å². The zero-order valence-corrected chi connectivity index (χ0v) is 6.92. The van der Waals surface area contributed by atoms with Crippen LogP contribution in [0.3, 0.4) is 0 Å². The lowest BCUT2D eigenvalue weighted by Gasteiger charge is -1.98. The predicted octanol–water partition coefficient (Wildman–Crippen LogP) is 1.87. The number of hydrogen-bond donors (Lipinski definition) is 1. The maximum absolute atomic E-state index is 5.72. The molecule has 2 aromatic rings. The summed E-state index contributed by atoms with van der Waals surface area (Å²) in [6.45, 7) is 0. The van der Waals surface area contributed by atoms with Crippen molar-refractivity contribution in [1.29, 1.82) is 0 Å². The van der Waals surface area contributed by atoms with Crippen molar-refractivity contribution in [2.45, 2.75) is 0 Å². The molecule has 2 aromatic heterocycles. The normalized spacial score (nSPS) is 10.4. The fourth-order valence-electron chi connectivity index (χ4n) is 0.992. The fourth-order valence-corrected chi connectivity index (χ4v) is 1.14. The van der Waals surface area contributed by atoms with Crippen LogP contribution in [0.15, 0.2) is 24.4 Å². The first-order valence-corrected chi connectivity index (χ1v) is 3.82. The van der Waals surface area contributed by atoms with Gasteiger partial charge in [-0.2, -0.15) is 0 Å². The molecule has 0 bridgehead atoms. The number of anilines is 1. The molecule has 12 heavy (non-hydrogen) atoms. The molecule has 0 aromatic carbocycles. The van der Waals surface area contributed by atoms with E-state index >= 15 is 0 Å². The lowest BCUT2D eigenvalue weighted by Crippen LogP contribution is -1.90. The van der Waals surface area contributed by atoms with Gasteiger partial charge in [0, 0.05) is 6.20 Å². The van der Waals surface area contributed by atoms with Crippen molar-refractivity contribution in [3.8, 4) is 0 Å². The van der Waals surface area contributed by atoms with E-state index in [0.29, 0.717) is 10.8 Å². The van der Waals surface area contributed by atoms with Gasteiger partial charge in [-0.15, -0.1) is 0 Å². The van der Waals surface area contributed by atoms with Gasteiger partial charge in [-0.1, -0.05) is 11.6 Å². The van der Waals surface area contributed by atoms with E-state index in [1.54, 1.807) is 12.3 Å². The number of nitrogen functional groups attached to an aromatic ring is 1. The Morgan fingerprint density at radius 3 is 3.00 bits per heavy atom. The minimum absolute atomic E-state index is 0.329.